The molecule has 1 aliphatic rings. The molecule has 21 heavy (non-hydrogen) atoms. The quantitative estimate of drug-likeness (QED) is 0.761. The van der Waals surface area contributed by atoms with E-state index in [1.165, 1.54) is 36.8 Å². The molecule has 0 bridgehead atoms. The lowest BCUT2D eigenvalue weighted by Gasteiger charge is -2.34. The van der Waals surface area contributed by atoms with Crippen molar-refractivity contribution in [3.05, 3.63) is 35.4 Å². The molecule has 0 saturated carbocycles. The van der Waals surface area contributed by atoms with Crippen LogP contribution >= 0.6 is 0 Å². The summed E-state index contributed by atoms with van der Waals surface area (Å²) in [6.07, 6.45) is 6.22. The lowest BCUT2D eigenvalue weighted by molar-refractivity contribution is 0.00953. The summed E-state index contributed by atoms with van der Waals surface area (Å²) in [6.45, 7) is 8.81. The molecule has 2 rings (SSSR count). The van der Waals surface area contributed by atoms with Gasteiger partial charge in [0.1, 0.15) is 0 Å². The largest absolute Gasteiger partial charge is 0.372 e. The molecule has 0 radical (unpaired) electrons. The molecule has 2 nitrogen and oxygen atoms in total. The Kier molecular flexibility index (Phi) is 6.72. The molecule has 0 amide bonds. The van der Waals surface area contributed by atoms with Crippen molar-refractivity contribution in [1.82, 2.24) is 5.32 Å². The van der Waals surface area contributed by atoms with Crippen molar-refractivity contribution in [2.45, 2.75) is 65.0 Å². The van der Waals surface area contributed by atoms with Crippen LogP contribution in [0.2, 0.25) is 0 Å². The van der Waals surface area contributed by atoms with Gasteiger partial charge in [-0.25, -0.2) is 0 Å². The molecular formula is C19H31NO. The van der Waals surface area contributed by atoms with Crippen molar-refractivity contribution in [3.8, 4) is 0 Å². The van der Waals surface area contributed by atoms with Crippen LogP contribution in [-0.2, 0) is 11.2 Å². The lowest BCUT2D eigenvalue weighted by atomic mass is 9.87. The Bertz CT molecular complexity index is 418. The zero-order valence-electron chi connectivity index (χ0n) is 13.9. The highest BCUT2D eigenvalue weighted by molar-refractivity contribution is 5.32. The van der Waals surface area contributed by atoms with Gasteiger partial charge in [0, 0.05) is 6.04 Å². The minimum atomic E-state index is 0.223. The van der Waals surface area contributed by atoms with Gasteiger partial charge < -0.3 is 10.1 Å². The molecule has 3 unspecified atom stereocenters. The fourth-order valence-corrected chi connectivity index (χ4v) is 3.45. The molecule has 0 fully saturated rings. The Morgan fingerprint density at radius 3 is 2.81 bits per heavy atom. The van der Waals surface area contributed by atoms with Crippen LogP contribution in [0.5, 0.6) is 0 Å². The van der Waals surface area contributed by atoms with Crippen LogP contribution in [0.1, 0.15) is 63.7 Å². The monoisotopic (exact) mass is 289 g/mol. The van der Waals surface area contributed by atoms with Crippen molar-refractivity contribution >= 4 is 0 Å². The van der Waals surface area contributed by atoms with Gasteiger partial charge in [0.05, 0.1) is 12.7 Å². The molecule has 3 atom stereocenters. The zero-order valence-corrected chi connectivity index (χ0v) is 13.9. The fraction of sp³-hybridized carbons (Fsp3) is 0.684. The molecule has 1 heterocycles. The third-order valence-electron chi connectivity index (χ3n) is 4.49. The van der Waals surface area contributed by atoms with Crippen molar-refractivity contribution < 1.29 is 4.74 Å². The highest BCUT2D eigenvalue weighted by Gasteiger charge is 2.29. The first-order chi connectivity index (χ1) is 10.3. The standard InChI is InChI=1S/C19H31NO/c1-4-8-15(3)14-18(20-12-5-2)19-17-10-7-6-9-16(17)11-13-21-19/h6-7,9-10,15,18-20H,4-5,8,11-14H2,1-3H3. The maximum absolute atomic E-state index is 6.18. The number of hydrogen-bond donors (Lipinski definition) is 1. The summed E-state index contributed by atoms with van der Waals surface area (Å²) in [5.74, 6) is 0.752. The SMILES string of the molecule is CCCNC(CC(C)CCC)C1OCCc2ccccc21. The van der Waals surface area contributed by atoms with Gasteiger partial charge in [0.15, 0.2) is 0 Å². The van der Waals surface area contributed by atoms with E-state index in [0.717, 1.165) is 25.5 Å². The van der Waals surface area contributed by atoms with E-state index in [-0.39, 0.29) is 6.10 Å². The summed E-state index contributed by atoms with van der Waals surface area (Å²) in [5.41, 5.74) is 2.88. The van der Waals surface area contributed by atoms with Crippen LogP contribution in [0.25, 0.3) is 0 Å². The summed E-state index contributed by atoms with van der Waals surface area (Å²) < 4.78 is 6.18. The van der Waals surface area contributed by atoms with Crippen LogP contribution in [0.3, 0.4) is 0 Å². The molecule has 118 valence electrons. The number of nitrogens with one attached hydrogen (secondary N) is 1. The Morgan fingerprint density at radius 2 is 2.05 bits per heavy atom. The summed E-state index contributed by atoms with van der Waals surface area (Å²) in [6, 6.07) is 9.25. The van der Waals surface area contributed by atoms with E-state index in [1.54, 1.807) is 0 Å². The second kappa shape index (κ2) is 8.55. The summed E-state index contributed by atoms with van der Waals surface area (Å²) in [4.78, 5) is 0. The lowest BCUT2D eigenvalue weighted by Crippen LogP contribution is -2.40. The van der Waals surface area contributed by atoms with Crippen LogP contribution in [-0.4, -0.2) is 19.2 Å². The Labute approximate surface area is 130 Å². The zero-order chi connectivity index (χ0) is 15.1. The van der Waals surface area contributed by atoms with Gasteiger partial charge >= 0.3 is 0 Å². The first-order valence-electron chi connectivity index (χ1n) is 8.69. The predicted octanol–water partition coefficient (Wildman–Crippen LogP) is 4.49. The molecular weight excluding hydrogens is 258 g/mol. The molecule has 0 spiro atoms. The highest BCUT2D eigenvalue weighted by Crippen LogP contribution is 2.32. The van der Waals surface area contributed by atoms with E-state index in [0.29, 0.717) is 6.04 Å². The van der Waals surface area contributed by atoms with Gasteiger partial charge in [0.25, 0.3) is 0 Å². The van der Waals surface area contributed by atoms with E-state index < -0.39 is 0 Å². The van der Waals surface area contributed by atoms with Gasteiger partial charge in [-0.05, 0) is 42.9 Å². The average Bonchev–Trinajstić information content (AvgIpc) is 2.51. The minimum Gasteiger partial charge on any atom is -0.372 e. The van der Waals surface area contributed by atoms with Gasteiger partial charge in [-0.3, -0.25) is 0 Å². The van der Waals surface area contributed by atoms with Crippen LogP contribution < -0.4 is 5.32 Å². The van der Waals surface area contributed by atoms with Crippen LogP contribution in [0.15, 0.2) is 24.3 Å². The molecule has 0 aromatic heterocycles. The number of hydrogen-bond acceptors (Lipinski definition) is 2. The van der Waals surface area contributed by atoms with Gasteiger partial charge in [-0.2, -0.15) is 0 Å². The Morgan fingerprint density at radius 1 is 1.24 bits per heavy atom. The maximum atomic E-state index is 6.18. The van der Waals surface area contributed by atoms with E-state index in [4.69, 9.17) is 4.74 Å². The van der Waals surface area contributed by atoms with Crippen LogP contribution in [0, 0.1) is 5.92 Å². The van der Waals surface area contributed by atoms with Crippen molar-refractivity contribution in [1.29, 1.82) is 0 Å². The van der Waals surface area contributed by atoms with Crippen molar-refractivity contribution in [3.63, 3.8) is 0 Å². The number of fused-ring (bicyclic) bond motifs is 1. The summed E-state index contributed by atoms with van der Waals surface area (Å²) in [7, 11) is 0. The molecule has 0 aliphatic carbocycles. The Balaban J connectivity index is 2.12. The molecule has 0 saturated heterocycles. The van der Waals surface area contributed by atoms with E-state index in [2.05, 4.69) is 50.4 Å². The smallest absolute Gasteiger partial charge is 0.0980 e. The summed E-state index contributed by atoms with van der Waals surface area (Å²) >= 11 is 0. The second-order valence-corrected chi connectivity index (χ2v) is 6.43. The summed E-state index contributed by atoms with van der Waals surface area (Å²) in [5, 5.41) is 3.74. The first-order valence-corrected chi connectivity index (χ1v) is 8.69. The third kappa shape index (κ3) is 4.55. The van der Waals surface area contributed by atoms with Crippen molar-refractivity contribution in [2.75, 3.05) is 13.2 Å². The van der Waals surface area contributed by atoms with Crippen LogP contribution in [0.4, 0.5) is 0 Å². The number of rotatable bonds is 8. The van der Waals surface area contributed by atoms with Gasteiger partial charge in [0.2, 0.25) is 0 Å². The molecule has 1 aromatic rings. The highest BCUT2D eigenvalue weighted by atomic mass is 16.5. The third-order valence-corrected chi connectivity index (χ3v) is 4.49. The fourth-order valence-electron chi connectivity index (χ4n) is 3.45. The number of benzene rings is 1. The second-order valence-electron chi connectivity index (χ2n) is 6.43. The normalized spacial score (nSPS) is 20.8. The Hall–Kier alpha value is -0.860. The maximum Gasteiger partial charge on any atom is 0.0980 e. The van der Waals surface area contributed by atoms with Crippen molar-refractivity contribution in [2.24, 2.45) is 5.92 Å². The minimum absolute atomic E-state index is 0.223. The topological polar surface area (TPSA) is 21.3 Å². The molecule has 1 N–H and O–H groups in total. The molecule has 1 aliphatic heterocycles. The average molecular weight is 289 g/mol. The van der Waals surface area contributed by atoms with E-state index >= 15 is 0 Å². The molecule has 1 aromatic carbocycles. The predicted molar refractivity (Wildman–Crippen MR) is 89.6 cm³/mol. The van der Waals surface area contributed by atoms with E-state index in [1.807, 2.05) is 0 Å². The first kappa shape index (κ1) is 16.5. The molecule has 2 heteroatoms. The van der Waals surface area contributed by atoms with E-state index in [9.17, 15) is 0 Å². The number of ether oxygens (including phenoxy) is 1. The van der Waals surface area contributed by atoms with Gasteiger partial charge in [-0.15, -0.1) is 0 Å². The van der Waals surface area contributed by atoms with Gasteiger partial charge in [-0.1, -0.05) is 57.9 Å².